The average molecular weight is 277 g/mol. The van der Waals surface area contributed by atoms with Gasteiger partial charge in [0.2, 0.25) is 0 Å². The minimum absolute atomic E-state index is 0.116. The van der Waals surface area contributed by atoms with Crippen LogP contribution < -0.4 is 5.73 Å². The van der Waals surface area contributed by atoms with E-state index in [1.807, 2.05) is 0 Å². The summed E-state index contributed by atoms with van der Waals surface area (Å²) in [6, 6.07) is 0. The molecule has 0 aromatic carbocycles. The minimum atomic E-state index is 0.116. The molecule has 4 nitrogen and oxygen atoms in total. The maximum Gasteiger partial charge on any atom is 0.193 e. The Balaban J connectivity index is 1.63. The highest BCUT2D eigenvalue weighted by Crippen LogP contribution is 2.48. The van der Waals surface area contributed by atoms with E-state index in [1.165, 1.54) is 12.8 Å². The molecule has 1 aliphatic heterocycles. The van der Waals surface area contributed by atoms with E-state index in [-0.39, 0.29) is 5.41 Å². The summed E-state index contributed by atoms with van der Waals surface area (Å²) in [4.78, 5) is 5.79. The smallest absolute Gasteiger partial charge is 0.193 e. The Hall–Kier alpha value is -0.910. The second kappa shape index (κ2) is 4.30. The van der Waals surface area contributed by atoms with Crippen molar-refractivity contribution in [3.05, 3.63) is 23.5 Å². The third-order valence-electron chi connectivity index (χ3n) is 4.63. The number of ether oxygens (including phenoxy) is 1. The Kier molecular flexibility index (Phi) is 2.69. The monoisotopic (exact) mass is 277 g/mol. The first-order valence-corrected chi connectivity index (χ1v) is 7.91. The Morgan fingerprint density at radius 2 is 2.42 bits per heavy atom. The Bertz CT molecular complexity index is 560. The summed E-state index contributed by atoms with van der Waals surface area (Å²) in [7, 11) is 0. The van der Waals surface area contributed by atoms with E-state index in [0.29, 0.717) is 12.6 Å². The van der Waals surface area contributed by atoms with Gasteiger partial charge >= 0.3 is 0 Å². The van der Waals surface area contributed by atoms with E-state index in [1.54, 1.807) is 11.3 Å². The molecule has 0 radical (unpaired) electrons. The normalized spacial score (nSPS) is 31.3. The van der Waals surface area contributed by atoms with Gasteiger partial charge in [-0.1, -0.05) is 0 Å². The molecule has 5 heteroatoms. The summed E-state index contributed by atoms with van der Waals surface area (Å²) in [5.41, 5.74) is 7.41. The van der Waals surface area contributed by atoms with Gasteiger partial charge in [-0.3, -0.25) is 4.40 Å². The molecule has 4 rings (SSSR count). The van der Waals surface area contributed by atoms with E-state index >= 15 is 0 Å². The van der Waals surface area contributed by atoms with Gasteiger partial charge in [0.25, 0.3) is 0 Å². The van der Waals surface area contributed by atoms with E-state index in [0.717, 1.165) is 36.0 Å². The summed E-state index contributed by atoms with van der Waals surface area (Å²) in [6.45, 7) is 1.57. The molecule has 1 aliphatic carbocycles. The van der Waals surface area contributed by atoms with Crippen LogP contribution in [-0.4, -0.2) is 28.6 Å². The van der Waals surface area contributed by atoms with Gasteiger partial charge in [-0.25, -0.2) is 4.98 Å². The van der Waals surface area contributed by atoms with Crippen LogP contribution in [0.3, 0.4) is 0 Å². The number of nitrogens with zero attached hydrogens (tertiary/aromatic N) is 2. The van der Waals surface area contributed by atoms with Crippen LogP contribution in [0.1, 0.15) is 25.0 Å². The van der Waals surface area contributed by atoms with Crippen molar-refractivity contribution in [1.29, 1.82) is 0 Å². The topological polar surface area (TPSA) is 52.5 Å². The van der Waals surface area contributed by atoms with Crippen molar-refractivity contribution < 1.29 is 4.74 Å². The lowest BCUT2D eigenvalue weighted by Gasteiger charge is -2.32. The summed E-state index contributed by atoms with van der Waals surface area (Å²) < 4.78 is 8.10. The van der Waals surface area contributed by atoms with Crippen molar-refractivity contribution in [3.63, 3.8) is 0 Å². The van der Waals surface area contributed by atoms with Crippen LogP contribution in [0.4, 0.5) is 0 Å². The average Bonchev–Trinajstić information content (AvgIpc) is 2.83. The molecule has 19 heavy (non-hydrogen) atoms. The SMILES string of the molecule is NCC1(Cc2cn3ccsc3n2)CCOC1C1CC1. The molecule has 0 spiro atoms. The quantitative estimate of drug-likeness (QED) is 0.931. The molecule has 0 amide bonds. The molecule has 0 bridgehead atoms. The lowest BCUT2D eigenvalue weighted by molar-refractivity contribution is 0.0341. The number of hydrogen-bond acceptors (Lipinski definition) is 4. The summed E-state index contributed by atoms with van der Waals surface area (Å²) in [5.74, 6) is 0.745. The molecular formula is C14H19N3OS. The number of fused-ring (bicyclic) bond motifs is 1. The summed E-state index contributed by atoms with van der Waals surface area (Å²) >= 11 is 1.68. The zero-order valence-corrected chi connectivity index (χ0v) is 11.7. The number of rotatable bonds is 4. The molecule has 102 valence electrons. The van der Waals surface area contributed by atoms with Gasteiger partial charge in [0.05, 0.1) is 11.8 Å². The zero-order chi connectivity index (χ0) is 12.9. The summed E-state index contributed by atoms with van der Waals surface area (Å²) in [6.07, 6.45) is 9.22. The van der Waals surface area contributed by atoms with Gasteiger partial charge in [-0.15, -0.1) is 11.3 Å². The number of thiazole rings is 1. The lowest BCUT2D eigenvalue weighted by Crippen LogP contribution is -2.41. The van der Waals surface area contributed by atoms with E-state index in [9.17, 15) is 0 Å². The third-order valence-corrected chi connectivity index (χ3v) is 5.40. The van der Waals surface area contributed by atoms with Crippen LogP contribution in [0.15, 0.2) is 17.8 Å². The van der Waals surface area contributed by atoms with Crippen molar-refractivity contribution in [2.75, 3.05) is 13.2 Å². The predicted octanol–water partition coefficient (Wildman–Crippen LogP) is 2.08. The third kappa shape index (κ3) is 1.91. The van der Waals surface area contributed by atoms with E-state index < -0.39 is 0 Å². The van der Waals surface area contributed by atoms with Gasteiger partial charge in [0.1, 0.15) is 0 Å². The van der Waals surface area contributed by atoms with Crippen LogP contribution in [-0.2, 0) is 11.2 Å². The van der Waals surface area contributed by atoms with Crippen LogP contribution >= 0.6 is 11.3 Å². The minimum Gasteiger partial charge on any atom is -0.377 e. The van der Waals surface area contributed by atoms with Crippen molar-refractivity contribution in [2.45, 2.75) is 31.8 Å². The Morgan fingerprint density at radius 1 is 1.53 bits per heavy atom. The molecule has 1 saturated heterocycles. The first-order chi connectivity index (χ1) is 9.31. The molecule has 2 atom stereocenters. The van der Waals surface area contributed by atoms with Crippen molar-refractivity contribution >= 4 is 16.3 Å². The van der Waals surface area contributed by atoms with Crippen molar-refractivity contribution in [1.82, 2.24) is 9.38 Å². The molecule has 1 saturated carbocycles. The molecule has 2 aromatic heterocycles. The van der Waals surface area contributed by atoms with Gasteiger partial charge < -0.3 is 10.5 Å². The highest BCUT2D eigenvalue weighted by atomic mass is 32.1. The van der Waals surface area contributed by atoms with E-state index in [4.69, 9.17) is 15.5 Å². The van der Waals surface area contributed by atoms with Crippen LogP contribution in [0.5, 0.6) is 0 Å². The fourth-order valence-corrected chi connectivity index (χ4v) is 4.16. The van der Waals surface area contributed by atoms with Crippen LogP contribution in [0.25, 0.3) is 4.96 Å². The number of imidazole rings is 1. The van der Waals surface area contributed by atoms with Gasteiger partial charge in [-0.05, 0) is 25.2 Å². The number of nitrogens with two attached hydrogens (primary N) is 1. The van der Waals surface area contributed by atoms with Gasteiger partial charge in [0.15, 0.2) is 4.96 Å². The Labute approximate surface area is 116 Å². The molecule has 2 N–H and O–H groups in total. The molecule has 2 unspecified atom stereocenters. The van der Waals surface area contributed by atoms with E-state index in [2.05, 4.69) is 22.2 Å². The summed E-state index contributed by atoms with van der Waals surface area (Å²) in [5, 5.41) is 2.07. The van der Waals surface area contributed by atoms with Crippen LogP contribution in [0, 0.1) is 11.3 Å². The fourth-order valence-electron chi connectivity index (χ4n) is 3.44. The second-order valence-electron chi connectivity index (χ2n) is 5.95. The largest absolute Gasteiger partial charge is 0.377 e. The molecular weight excluding hydrogens is 258 g/mol. The Morgan fingerprint density at radius 3 is 3.16 bits per heavy atom. The molecule has 2 fully saturated rings. The first-order valence-electron chi connectivity index (χ1n) is 7.03. The number of hydrogen-bond donors (Lipinski definition) is 1. The van der Waals surface area contributed by atoms with Crippen molar-refractivity contribution in [2.24, 2.45) is 17.1 Å². The highest BCUT2D eigenvalue weighted by molar-refractivity contribution is 7.15. The number of aromatic nitrogens is 2. The lowest BCUT2D eigenvalue weighted by atomic mass is 9.75. The fraction of sp³-hybridized carbons (Fsp3) is 0.643. The highest BCUT2D eigenvalue weighted by Gasteiger charge is 2.50. The standard InChI is InChI=1S/C14H19N3OS/c15-9-14(3-5-18-12(14)10-1-2-10)7-11-8-17-4-6-19-13(17)16-11/h4,6,8,10,12H,1-3,5,7,9,15H2. The second-order valence-corrected chi connectivity index (χ2v) is 6.82. The van der Waals surface area contributed by atoms with Gasteiger partial charge in [0, 0.05) is 42.8 Å². The maximum atomic E-state index is 6.13. The predicted molar refractivity (Wildman–Crippen MR) is 75.3 cm³/mol. The molecule has 2 aliphatic rings. The maximum absolute atomic E-state index is 6.13. The van der Waals surface area contributed by atoms with Crippen LogP contribution in [0.2, 0.25) is 0 Å². The molecule has 2 aromatic rings. The first kappa shape index (κ1) is 11.9. The van der Waals surface area contributed by atoms with Gasteiger partial charge in [-0.2, -0.15) is 0 Å². The molecule has 3 heterocycles. The van der Waals surface area contributed by atoms with Crippen molar-refractivity contribution in [3.8, 4) is 0 Å². The zero-order valence-electron chi connectivity index (χ0n) is 10.9.